The standard InChI is InChI=1S/C12H23NO3S/c1-4-16-11(14)12(2,13-3)9-17-10-5-7-15-8-6-10/h10,13H,4-9H2,1-3H3. The summed E-state index contributed by atoms with van der Waals surface area (Å²) in [7, 11) is 1.81. The second-order valence-electron chi connectivity index (χ2n) is 4.43. The van der Waals surface area contributed by atoms with Crippen molar-refractivity contribution in [1.82, 2.24) is 5.32 Å². The van der Waals surface area contributed by atoms with Gasteiger partial charge in [-0.05, 0) is 33.7 Å². The number of nitrogens with one attached hydrogen (secondary N) is 1. The SMILES string of the molecule is CCOC(=O)C(C)(CSC1CCOCC1)NC. The van der Waals surface area contributed by atoms with Crippen LogP contribution in [0, 0.1) is 0 Å². The Hall–Kier alpha value is -0.260. The Labute approximate surface area is 108 Å². The van der Waals surface area contributed by atoms with Crippen molar-refractivity contribution in [3.8, 4) is 0 Å². The van der Waals surface area contributed by atoms with E-state index < -0.39 is 5.54 Å². The average Bonchev–Trinajstić information content (AvgIpc) is 2.37. The Bertz CT molecular complexity index is 244. The highest BCUT2D eigenvalue weighted by Gasteiger charge is 2.34. The zero-order chi connectivity index (χ0) is 12.7. The number of likely N-dealkylation sites (N-methyl/N-ethyl adjacent to an activating group) is 1. The molecule has 0 spiro atoms. The van der Waals surface area contributed by atoms with Gasteiger partial charge in [0.15, 0.2) is 0 Å². The predicted octanol–water partition coefficient (Wildman–Crippen LogP) is 1.44. The smallest absolute Gasteiger partial charge is 0.326 e. The molecule has 0 radical (unpaired) electrons. The third kappa shape index (κ3) is 4.48. The molecule has 0 aromatic carbocycles. The van der Waals surface area contributed by atoms with Gasteiger partial charge < -0.3 is 14.8 Å². The van der Waals surface area contributed by atoms with Crippen LogP contribution in [0.2, 0.25) is 0 Å². The van der Waals surface area contributed by atoms with Crippen LogP contribution in [0.5, 0.6) is 0 Å². The molecule has 0 amide bonds. The van der Waals surface area contributed by atoms with E-state index in [1.807, 2.05) is 32.7 Å². The molecule has 1 heterocycles. The predicted molar refractivity (Wildman–Crippen MR) is 70.4 cm³/mol. The van der Waals surface area contributed by atoms with E-state index in [0.29, 0.717) is 11.9 Å². The van der Waals surface area contributed by atoms with Crippen molar-refractivity contribution in [3.63, 3.8) is 0 Å². The van der Waals surface area contributed by atoms with Gasteiger partial charge in [-0.1, -0.05) is 0 Å². The second-order valence-corrected chi connectivity index (χ2v) is 5.71. The van der Waals surface area contributed by atoms with Crippen LogP contribution in [0.15, 0.2) is 0 Å². The molecule has 5 heteroatoms. The number of carbonyl (C=O) groups excluding carboxylic acids is 1. The molecule has 1 fully saturated rings. The van der Waals surface area contributed by atoms with Crippen LogP contribution in [-0.2, 0) is 14.3 Å². The molecule has 100 valence electrons. The highest BCUT2D eigenvalue weighted by atomic mass is 32.2. The third-order valence-corrected chi connectivity index (χ3v) is 4.74. The summed E-state index contributed by atoms with van der Waals surface area (Å²) in [5.74, 6) is 0.578. The van der Waals surface area contributed by atoms with Crippen molar-refractivity contribution in [3.05, 3.63) is 0 Å². The molecule has 1 N–H and O–H groups in total. The van der Waals surface area contributed by atoms with E-state index >= 15 is 0 Å². The number of ether oxygens (including phenoxy) is 2. The third-order valence-electron chi connectivity index (χ3n) is 3.05. The fourth-order valence-electron chi connectivity index (χ4n) is 1.65. The zero-order valence-corrected chi connectivity index (χ0v) is 11.8. The lowest BCUT2D eigenvalue weighted by Gasteiger charge is -2.29. The van der Waals surface area contributed by atoms with E-state index in [4.69, 9.17) is 9.47 Å². The molecule has 1 atom stereocenters. The molecule has 1 rings (SSSR count). The van der Waals surface area contributed by atoms with E-state index in [2.05, 4.69) is 5.32 Å². The zero-order valence-electron chi connectivity index (χ0n) is 11.0. The van der Waals surface area contributed by atoms with Crippen LogP contribution in [0.4, 0.5) is 0 Å². The van der Waals surface area contributed by atoms with Gasteiger partial charge in [0.05, 0.1) is 6.61 Å². The number of thioether (sulfide) groups is 1. The van der Waals surface area contributed by atoms with Crippen LogP contribution in [0.25, 0.3) is 0 Å². The van der Waals surface area contributed by atoms with Crippen LogP contribution >= 0.6 is 11.8 Å². The molecule has 1 saturated heterocycles. The van der Waals surface area contributed by atoms with Crippen molar-refractivity contribution >= 4 is 17.7 Å². The quantitative estimate of drug-likeness (QED) is 0.733. The van der Waals surface area contributed by atoms with Gasteiger partial charge in [0.1, 0.15) is 5.54 Å². The number of rotatable bonds is 6. The Morgan fingerprint density at radius 3 is 2.71 bits per heavy atom. The molecule has 0 bridgehead atoms. The number of hydrogen-bond acceptors (Lipinski definition) is 5. The Morgan fingerprint density at radius 1 is 1.53 bits per heavy atom. The summed E-state index contributed by atoms with van der Waals surface area (Å²) >= 11 is 1.84. The van der Waals surface area contributed by atoms with Gasteiger partial charge in [-0.2, -0.15) is 11.8 Å². The van der Waals surface area contributed by atoms with E-state index in [1.54, 1.807) is 0 Å². The fraction of sp³-hybridized carbons (Fsp3) is 0.917. The van der Waals surface area contributed by atoms with Crippen molar-refractivity contribution < 1.29 is 14.3 Å². The molecule has 0 saturated carbocycles. The molecule has 0 aliphatic carbocycles. The normalized spacial score (nSPS) is 20.9. The fourth-order valence-corrected chi connectivity index (χ4v) is 3.01. The molecular weight excluding hydrogens is 238 g/mol. The largest absolute Gasteiger partial charge is 0.465 e. The topological polar surface area (TPSA) is 47.6 Å². The summed E-state index contributed by atoms with van der Waals surface area (Å²) in [5, 5.41) is 3.68. The summed E-state index contributed by atoms with van der Waals surface area (Å²) in [5.41, 5.74) is -0.584. The van der Waals surface area contributed by atoms with Gasteiger partial charge in [-0.25, -0.2) is 0 Å². The van der Waals surface area contributed by atoms with Gasteiger partial charge in [0.25, 0.3) is 0 Å². The number of esters is 1. The minimum Gasteiger partial charge on any atom is -0.465 e. The highest BCUT2D eigenvalue weighted by Crippen LogP contribution is 2.25. The van der Waals surface area contributed by atoms with Crippen molar-refractivity contribution in [2.75, 3.05) is 32.6 Å². The molecular formula is C12H23NO3S. The van der Waals surface area contributed by atoms with Gasteiger partial charge in [0, 0.05) is 24.2 Å². The van der Waals surface area contributed by atoms with Crippen LogP contribution in [0.1, 0.15) is 26.7 Å². The molecule has 0 aromatic rings. The van der Waals surface area contributed by atoms with Gasteiger partial charge in [0.2, 0.25) is 0 Å². The minimum absolute atomic E-state index is 0.165. The van der Waals surface area contributed by atoms with Crippen LogP contribution in [-0.4, -0.2) is 49.4 Å². The first-order chi connectivity index (χ1) is 8.12. The highest BCUT2D eigenvalue weighted by molar-refractivity contribution is 8.00. The van der Waals surface area contributed by atoms with Crippen molar-refractivity contribution in [1.29, 1.82) is 0 Å². The Morgan fingerprint density at radius 2 is 2.18 bits per heavy atom. The first-order valence-corrected chi connectivity index (χ1v) is 7.22. The molecule has 17 heavy (non-hydrogen) atoms. The van der Waals surface area contributed by atoms with E-state index in [0.717, 1.165) is 31.8 Å². The van der Waals surface area contributed by atoms with Gasteiger partial charge >= 0.3 is 5.97 Å². The maximum absolute atomic E-state index is 11.8. The summed E-state index contributed by atoms with van der Waals surface area (Å²) in [6, 6.07) is 0. The second kappa shape index (κ2) is 7.24. The maximum Gasteiger partial charge on any atom is 0.326 e. The van der Waals surface area contributed by atoms with Crippen LogP contribution < -0.4 is 5.32 Å². The lowest BCUT2D eigenvalue weighted by molar-refractivity contribution is -0.149. The summed E-state index contributed by atoms with van der Waals surface area (Å²) < 4.78 is 10.4. The molecule has 1 unspecified atom stereocenters. The Balaban J connectivity index is 2.41. The number of hydrogen-bond donors (Lipinski definition) is 1. The van der Waals surface area contributed by atoms with E-state index in [9.17, 15) is 4.79 Å². The number of carbonyl (C=O) groups is 1. The average molecular weight is 261 g/mol. The molecule has 4 nitrogen and oxygen atoms in total. The summed E-state index contributed by atoms with van der Waals surface area (Å²) in [6.07, 6.45) is 2.15. The lowest BCUT2D eigenvalue weighted by atomic mass is 10.1. The maximum atomic E-state index is 11.8. The van der Waals surface area contributed by atoms with E-state index in [-0.39, 0.29) is 5.97 Å². The van der Waals surface area contributed by atoms with Gasteiger partial charge in [-0.15, -0.1) is 0 Å². The Kier molecular flexibility index (Phi) is 6.30. The van der Waals surface area contributed by atoms with Crippen LogP contribution in [0.3, 0.4) is 0 Å². The first kappa shape index (κ1) is 14.8. The monoisotopic (exact) mass is 261 g/mol. The van der Waals surface area contributed by atoms with Crippen molar-refractivity contribution in [2.45, 2.75) is 37.5 Å². The minimum atomic E-state index is -0.584. The van der Waals surface area contributed by atoms with Gasteiger partial charge in [-0.3, -0.25) is 4.79 Å². The molecule has 1 aliphatic rings. The molecule has 1 aliphatic heterocycles. The molecule has 0 aromatic heterocycles. The first-order valence-electron chi connectivity index (χ1n) is 6.18. The summed E-state index contributed by atoms with van der Waals surface area (Å²) in [6.45, 7) is 5.84. The van der Waals surface area contributed by atoms with Crippen molar-refractivity contribution in [2.24, 2.45) is 0 Å². The van der Waals surface area contributed by atoms with E-state index in [1.165, 1.54) is 0 Å². The lowest BCUT2D eigenvalue weighted by Crippen LogP contribution is -2.51. The summed E-state index contributed by atoms with van der Waals surface area (Å²) in [4.78, 5) is 11.8.